The van der Waals surface area contributed by atoms with E-state index < -0.39 is 39.3 Å². The maximum absolute atomic E-state index is 14.8. The zero-order valence-electron chi connectivity index (χ0n) is 23.5. The predicted octanol–water partition coefficient (Wildman–Crippen LogP) is 3.86. The van der Waals surface area contributed by atoms with Crippen LogP contribution in [0, 0.1) is 5.82 Å². The van der Waals surface area contributed by atoms with E-state index in [9.17, 15) is 35.6 Å². The number of sulfonamides is 1. The molecule has 1 N–H and O–H groups in total. The minimum absolute atomic E-state index is 0.0184. The number of thioether (sulfide) groups is 1. The third-order valence-corrected chi connectivity index (χ3v) is 9.51. The van der Waals surface area contributed by atoms with E-state index in [0.29, 0.717) is 0 Å². The molecule has 1 aromatic heterocycles. The standard InChI is InChI=1S/C28H29F4N5O4S2/c1-5-22(38)37-15(2)11-35(12-16(37)3)26-20-10-21(28(30,31)32)23(17-6-8-18(29)9-7-17)25-24(20)36(27(39)33-26)13-19(14-42-25)34-43(4,40)41/h5-10,15-16,19,34H,1,11-14H2,2-4H3/t15-,16+,19-/m0/s1. The van der Waals surface area contributed by atoms with Crippen LogP contribution in [0.25, 0.3) is 22.0 Å². The molecule has 15 heteroatoms. The lowest BCUT2D eigenvalue weighted by Gasteiger charge is -2.44. The molecule has 0 saturated carbocycles. The van der Waals surface area contributed by atoms with Crippen LogP contribution in [0.3, 0.4) is 0 Å². The Morgan fingerprint density at radius 2 is 1.77 bits per heavy atom. The summed E-state index contributed by atoms with van der Waals surface area (Å²) >= 11 is 0.988. The molecule has 230 valence electrons. The average molecular weight is 640 g/mol. The van der Waals surface area contributed by atoms with Crippen LogP contribution >= 0.6 is 11.8 Å². The van der Waals surface area contributed by atoms with Gasteiger partial charge in [-0.3, -0.25) is 9.36 Å². The summed E-state index contributed by atoms with van der Waals surface area (Å²) in [5, 5.41) is 0.0585. The lowest BCUT2D eigenvalue weighted by atomic mass is 9.96. The van der Waals surface area contributed by atoms with Crippen molar-refractivity contribution in [3.63, 3.8) is 0 Å². The van der Waals surface area contributed by atoms with Crippen molar-refractivity contribution in [1.29, 1.82) is 0 Å². The molecule has 3 aromatic rings. The van der Waals surface area contributed by atoms with Crippen LogP contribution in [0.1, 0.15) is 19.4 Å². The van der Waals surface area contributed by atoms with Gasteiger partial charge < -0.3 is 9.80 Å². The minimum atomic E-state index is -4.85. The Morgan fingerprint density at radius 3 is 2.33 bits per heavy atom. The van der Waals surface area contributed by atoms with Gasteiger partial charge in [-0.25, -0.2) is 22.3 Å². The number of benzene rings is 2. The van der Waals surface area contributed by atoms with E-state index in [1.165, 1.54) is 22.8 Å². The van der Waals surface area contributed by atoms with Crippen LogP contribution in [0.4, 0.5) is 23.4 Å². The van der Waals surface area contributed by atoms with Gasteiger partial charge in [0, 0.05) is 59.4 Å². The van der Waals surface area contributed by atoms with E-state index in [2.05, 4.69) is 16.3 Å². The molecular formula is C28H29F4N5O4S2. The Labute approximate surface area is 249 Å². The summed E-state index contributed by atoms with van der Waals surface area (Å²) in [4.78, 5) is 33.8. The van der Waals surface area contributed by atoms with Gasteiger partial charge in [0.05, 0.1) is 17.3 Å². The number of hydrogen-bond acceptors (Lipinski definition) is 7. The Balaban J connectivity index is 1.81. The van der Waals surface area contributed by atoms with Gasteiger partial charge in [0.25, 0.3) is 0 Å². The molecule has 3 heterocycles. The number of rotatable bonds is 5. The number of piperazine rings is 1. The van der Waals surface area contributed by atoms with E-state index in [-0.39, 0.29) is 76.1 Å². The van der Waals surface area contributed by atoms with Crippen LogP contribution in [0.5, 0.6) is 0 Å². The van der Waals surface area contributed by atoms with Crippen LogP contribution in [0.2, 0.25) is 0 Å². The first-order chi connectivity index (χ1) is 20.1. The average Bonchev–Trinajstić information content (AvgIpc) is 3.09. The largest absolute Gasteiger partial charge is 0.417 e. The fraction of sp³-hybridized carbons (Fsp3) is 0.393. The maximum Gasteiger partial charge on any atom is 0.417 e. The zero-order valence-corrected chi connectivity index (χ0v) is 25.1. The number of aromatic nitrogens is 2. The SMILES string of the molecule is C=CC(=O)N1[C@H](C)CN(c2nc(=O)n3c4c(c(-c5ccc(F)cc5)c(C(F)(F)F)cc24)SC[C@@H](NS(C)(=O)=O)C3)C[C@@H]1C. The molecule has 2 aromatic carbocycles. The number of carbonyl (C=O) groups excluding carboxylic acids is 1. The predicted molar refractivity (Wildman–Crippen MR) is 157 cm³/mol. The molecule has 0 radical (unpaired) electrons. The van der Waals surface area contributed by atoms with Crippen molar-refractivity contribution >= 4 is 44.4 Å². The van der Waals surface area contributed by atoms with Crippen molar-refractivity contribution in [3.8, 4) is 11.1 Å². The van der Waals surface area contributed by atoms with E-state index in [0.717, 1.165) is 36.2 Å². The Morgan fingerprint density at radius 1 is 1.14 bits per heavy atom. The summed E-state index contributed by atoms with van der Waals surface area (Å²) in [5.74, 6) is -0.863. The third kappa shape index (κ3) is 6.02. The summed E-state index contributed by atoms with van der Waals surface area (Å²) < 4.78 is 86.1. The Kier molecular flexibility index (Phi) is 8.11. The zero-order chi connectivity index (χ0) is 31.4. The van der Waals surface area contributed by atoms with Crippen molar-refractivity contribution < 1.29 is 30.8 Å². The van der Waals surface area contributed by atoms with E-state index in [4.69, 9.17) is 0 Å². The van der Waals surface area contributed by atoms with Crippen molar-refractivity contribution in [2.75, 3.05) is 30.0 Å². The molecule has 9 nitrogen and oxygen atoms in total. The van der Waals surface area contributed by atoms with Crippen LogP contribution in [-0.4, -0.2) is 72.0 Å². The fourth-order valence-electron chi connectivity index (χ4n) is 5.94. The van der Waals surface area contributed by atoms with Crippen LogP contribution in [0.15, 0.2) is 52.7 Å². The maximum atomic E-state index is 14.8. The van der Waals surface area contributed by atoms with Crippen LogP contribution < -0.4 is 15.3 Å². The van der Waals surface area contributed by atoms with E-state index in [1.54, 1.807) is 23.6 Å². The molecule has 1 saturated heterocycles. The molecule has 2 aliphatic rings. The number of halogens is 4. The van der Waals surface area contributed by atoms with Gasteiger partial charge in [0.15, 0.2) is 0 Å². The summed E-state index contributed by atoms with van der Waals surface area (Å²) in [6.45, 7) is 7.34. The first-order valence-electron chi connectivity index (χ1n) is 13.3. The molecule has 43 heavy (non-hydrogen) atoms. The quantitative estimate of drug-likeness (QED) is 0.334. The normalized spacial score (nSPS) is 21.1. The highest BCUT2D eigenvalue weighted by Gasteiger charge is 2.40. The lowest BCUT2D eigenvalue weighted by molar-refractivity contribution is -0.137. The molecule has 3 atom stereocenters. The second-order valence-corrected chi connectivity index (χ2v) is 13.6. The summed E-state index contributed by atoms with van der Waals surface area (Å²) in [6.07, 6.45) is -2.69. The number of hydrogen-bond donors (Lipinski definition) is 1. The van der Waals surface area contributed by atoms with Crippen molar-refractivity contribution in [2.45, 2.75) is 49.6 Å². The van der Waals surface area contributed by atoms with Gasteiger partial charge in [-0.2, -0.15) is 18.2 Å². The minimum Gasteiger partial charge on any atom is -0.352 e. The lowest BCUT2D eigenvalue weighted by Crippen LogP contribution is -2.58. The number of nitrogens with zero attached hydrogens (tertiary/aromatic N) is 4. The number of anilines is 1. The monoisotopic (exact) mass is 639 g/mol. The van der Waals surface area contributed by atoms with Gasteiger partial charge in [-0.1, -0.05) is 18.7 Å². The Hall–Kier alpha value is -3.43. The molecule has 0 spiro atoms. The molecule has 5 rings (SSSR count). The number of amides is 1. The molecule has 2 aliphatic heterocycles. The topological polar surface area (TPSA) is 105 Å². The van der Waals surface area contributed by atoms with Crippen molar-refractivity contribution in [1.82, 2.24) is 19.2 Å². The first-order valence-corrected chi connectivity index (χ1v) is 16.2. The highest BCUT2D eigenvalue weighted by molar-refractivity contribution is 7.99. The van der Waals surface area contributed by atoms with Crippen molar-refractivity contribution in [2.24, 2.45) is 0 Å². The second-order valence-electron chi connectivity index (χ2n) is 10.8. The number of alkyl halides is 3. The highest BCUT2D eigenvalue weighted by Crippen LogP contribution is 2.48. The van der Waals surface area contributed by atoms with E-state index in [1.807, 2.05) is 0 Å². The fourth-order valence-corrected chi connectivity index (χ4v) is 8.09. The molecule has 0 bridgehead atoms. The summed E-state index contributed by atoms with van der Waals surface area (Å²) in [7, 11) is -3.73. The van der Waals surface area contributed by atoms with Crippen molar-refractivity contribution in [3.05, 3.63) is 64.9 Å². The summed E-state index contributed by atoms with van der Waals surface area (Å²) in [5.41, 5.74) is -1.74. The van der Waals surface area contributed by atoms with Gasteiger partial charge in [0.2, 0.25) is 15.9 Å². The first kappa shape index (κ1) is 31.0. The number of nitrogens with one attached hydrogen (secondary N) is 1. The Bertz CT molecular complexity index is 1770. The van der Waals surface area contributed by atoms with Gasteiger partial charge >= 0.3 is 11.9 Å². The molecule has 1 amide bonds. The smallest absolute Gasteiger partial charge is 0.352 e. The number of carbonyl (C=O) groups is 1. The third-order valence-electron chi connectivity index (χ3n) is 7.50. The summed E-state index contributed by atoms with van der Waals surface area (Å²) in [6, 6.07) is 3.97. The van der Waals surface area contributed by atoms with Gasteiger partial charge in [-0.05, 0) is 43.7 Å². The van der Waals surface area contributed by atoms with E-state index >= 15 is 0 Å². The molecule has 1 fully saturated rings. The van der Waals surface area contributed by atoms with Gasteiger partial charge in [-0.15, -0.1) is 11.8 Å². The molecule has 0 unspecified atom stereocenters. The van der Waals surface area contributed by atoms with Crippen LogP contribution in [-0.2, 0) is 27.5 Å². The molecule has 0 aliphatic carbocycles. The second kappa shape index (κ2) is 11.2. The molecular weight excluding hydrogens is 610 g/mol. The highest BCUT2D eigenvalue weighted by atomic mass is 32.2. The van der Waals surface area contributed by atoms with Gasteiger partial charge in [0.1, 0.15) is 11.6 Å².